The molecule has 0 aliphatic carbocycles. The van der Waals surface area contributed by atoms with Crippen LogP contribution in [0.15, 0.2) is 106 Å². The van der Waals surface area contributed by atoms with E-state index in [4.69, 9.17) is 4.74 Å². The molecule has 0 atom stereocenters. The van der Waals surface area contributed by atoms with Gasteiger partial charge >= 0.3 is 6.18 Å². The Balaban J connectivity index is 0.000000205. The number of methoxy groups -OCH3 is 1. The number of H-pyrrole nitrogens is 2. The summed E-state index contributed by atoms with van der Waals surface area (Å²) in [7, 11) is 1.30. The number of hydrogen-bond donors (Lipinski definition) is 5. The highest BCUT2D eigenvalue weighted by Gasteiger charge is 2.37. The first-order chi connectivity index (χ1) is 28.6. The molecule has 7 rings (SSSR count). The van der Waals surface area contributed by atoms with Crippen molar-refractivity contribution in [2.45, 2.75) is 58.5 Å². The van der Waals surface area contributed by atoms with Gasteiger partial charge in [0.2, 0.25) is 10.9 Å². The molecule has 0 saturated heterocycles. The van der Waals surface area contributed by atoms with Crippen LogP contribution in [-0.2, 0) is 17.0 Å². The van der Waals surface area contributed by atoms with Crippen molar-refractivity contribution in [2.24, 2.45) is 0 Å². The summed E-state index contributed by atoms with van der Waals surface area (Å²) in [4.78, 5) is 56.2. The molecule has 0 saturated carbocycles. The van der Waals surface area contributed by atoms with Gasteiger partial charge in [0, 0.05) is 52.1 Å². The fourth-order valence-electron chi connectivity index (χ4n) is 6.72. The quantitative estimate of drug-likeness (QED) is 0.105. The number of phenolic OH excluding ortho intramolecular Hbond substituents is 1. The van der Waals surface area contributed by atoms with Crippen LogP contribution in [0.2, 0.25) is 0 Å². The average Bonchev–Trinajstić information content (AvgIpc) is 3.62. The van der Waals surface area contributed by atoms with Crippen LogP contribution >= 0.6 is 11.3 Å². The highest BCUT2D eigenvalue weighted by molar-refractivity contribution is 7.11. The van der Waals surface area contributed by atoms with Gasteiger partial charge in [0.1, 0.15) is 21.8 Å². The third kappa shape index (κ3) is 9.21. The molecule has 0 radical (unpaired) electrons. The van der Waals surface area contributed by atoms with Crippen LogP contribution in [0.5, 0.6) is 11.5 Å². The molecule has 0 aliphatic heterocycles. The normalized spacial score (nSPS) is 11.9. The Morgan fingerprint density at radius 3 is 1.85 bits per heavy atom. The molecular weight excluding hydrogens is 813 g/mol. The molecule has 15 heteroatoms. The number of anilines is 2. The van der Waals surface area contributed by atoms with Crippen LogP contribution in [-0.4, -0.2) is 34.0 Å². The highest BCUT2D eigenvalue weighted by atomic mass is 32.1. The van der Waals surface area contributed by atoms with Crippen LogP contribution in [0, 0.1) is 5.82 Å². The molecule has 61 heavy (non-hydrogen) atoms. The number of ether oxygens (including phenoxy) is 1. The summed E-state index contributed by atoms with van der Waals surface area (Å²) in [5, 5.41) is 17.6. The lowest BCUT2D eigenvalue weighted by Gasteiger charge is -2.28. The first-order valence-corrected chi connectivity index (χ1v) is 19.7. The molecule has 7 aromatic rings. The number of alkyl halides is 3. The Kier molecular flexibility index (Phi) is 12.0. The minimum absolute atomic E-state index is 0.00563. The Bertz CT molecular complexity index is 2920. The Morgan fingerprint density at radius 1 is 0.705 bits per heavy atom. The van der Waals surface area contributed by atoms with Crippen molar-refractivity contribution in [3.05, 3.63) is 150 Å². The smallest absolute Gasteiger partial charge is 0.426 e. The van der Waals surface area contributed by atoms with Crippen molar-refractivity contribution >= 4 is 56.3 Å². The maximum Gasteiger partial charge on any atom is 0.426 e. The van der Waals surface area contributed by atoms with Gasteiger partial charge in [0.05, 0.1) is 23.7 Å². The zero-order valence-electron chi connectivity index (χ0n) is 34.1. The minimum atomic E-state index is -4.57. The lowest BCUT2D eigenvalue weighted by atomic mass is 9.79. The number of phenols is 1. The largest absolute Gasteiger partial charge is 0.508 e. The topological polar surface area (TPSA) is 153 Å². The van der Waals surface area contributed by atoms with E-state index in [2.05, 4.69) is 20.6 Å². The number of halogens is 4. The van der Waals surface area contributed by atoms with Crippen molar-refractivity contribution < 1.29 is 37.0 Å². The second-order valence-electron chi connectivity index (χ2n) is 16.2. The second kappa shape index (κ2) is 16.7. The van der Waals surface area contributed by atoms with Crippen molar-refractivity contribution in [3.63, 3.8) is 0 Å². The van der Waals surface area contributed by atoms with Crippen LogP contribution in [0.3, 0.4) is 0 Å². The zero-order chi connectivity index (χ0) is 44.6. The van der Waals surface area contributed by atoms with Crippen molar-refractivity contribution in [3.8, 4) is 22.6 Å². The van der Waals surface area contributed by atoms with Gasteiger partial charge in [-0.1, -0.05) is 84.0 Å². The number of carbonyl (C=O) groups excluding carboxylic acids is 2. The summed E-state index contributed by atoms with van der Waals surface area (Å²) in [5.41, 5.74) is 1.05. The summed E-state index contributed by atoms with van der Waals surface area (Å²) in [5.74, 6) is -2.05. The number of carbonyl (C=O) groups is 2. The van der Waals surface area contributed by atoms with Crippen LogP contribution in [0.1, 0.15) is 78.3 Å². The maximum absolute atomic E-state index is 14.0. The minimum Gasteiger partial charge on any atom is -0.508 e. The SMILES string of the molecule is COc1cc2c(=O)c(C(=O)Nc3cc(O)c(C(C)(C)C)cc3C(C)(C)C)c[nH]c2cc1F.O=C(Nc1csc(C(F)(F)F)c1-c1ccccc1)c1c[nH]c2ccccc2c1=O. The maximum atomic E-state index is 14.0. The Morgan fingerprint density at radius 2 is 1.26 bits per heavy atom. The number of aromatic nitrogens is 2. The van der Waals surface area contributed by atoms with Crippen LogP contribution in [0.4, 0.5) is 28.9 Å². The summed E-state index contributed by atoms with van der Waals surface area (Å²) < 4.78 is 59.4. The molecule has 2 amide bonds. The summed E-state index contributed by atoms with van der Waals surface area (Å²) in [6.45, 7) is 12.0. The number of benzene rings is 4. The van der Waals surface area contributed by atoms with Gasteiger partial charge in [-0.3, -0.25) is 19.2 Å². The van der Waals surface area contributed by atoms with Gasteiger partial charge in [-0.15, -0.1) is 11.3 Å². The van der Waals surface area contributed by atoms with Gasteiger partial charge in [-0.25, -0.2) is 4.39 Å². The predicted octanol–water partition coefficient (Wildman–Crippen LogP) is 10.8. The first-order valence-electron chi connectivity index (χ1n) is 18.8. The molecule has 0 fully saturated rings. The van der Waals surface area contributed by atoms with E-state index in [9.17, 15) is 41.8 Å². The molecule has 0 bridgehead atoms. The molecular formula is C46H42F4N4O6S. The average molecular weight is 855 g/mol. The fourth-order valence-corrected chi connectivity index (χ4v) is 7.62. The highest BCUT2D eigenvalue weighted by Crippen LogP contribution is 2.46. The van der Waals surface area contributed by atoms with E-state index in [1.807, 2.05) is 47.6 Å². The van der Waals surface area contributed by atoms with Gasteiger partial charge in [0.15, 0.2) is 11.6 Å². The van der Waals surface area contributed by atoms with Crippen LogP contribution < -0.4 is 26.2 Å². The second-order valence-corrected chi connectivity index (χ2v) is 17.1. The van der Waals surface area contributed by atoms with E-state index in [1.165, 1.54) is 49.1 Å². The van der Waals surface area contributed by atoms with E-state index >= 15 is 0 Å². The van der Waals surface area contributed by atoms with Crippen LogP contribution in [0.25, 0.3) is 32.9 Å². The van der Waals surface area contributed by atoms with Gasteiger partial charge in [-0.2, -0.15) is 13.2 Å². The third-order valence-corrected chi connectivity index (χ3v) is 10.8. The van der Waals surface area contributed by atoms with Gasteiger partial charge in [0.25, 0.3) is 11.8 Å². The molecule has 3 heterocycles. The monoisotopic (exact) mass is 854 g/mol. The number of aromatic hydroxyl groups is 1. The number of fused-ring (bicyclic) bond motifs is 2. The van der Waals surface area contributed by atoms with Gasteiger partial charge in [-0.05, 0) is 51.8 Å². The first kappa shape index (κ1) is 43.8. The van der Waals surface area contributed by atoms with Crippen molar-refractivity contribution in [2.75, 3.05) is 17.7 Å². The predicted molar refractivity (Wildman–Crippen MR) is 232 cm³/mol. The Labute approximate surface area is 351 Å². The molecule has 3 aromatic heterocycles. The lowest BCUT2D eigenvalue weighted by molar-refractivity contribution is -0.133. The third-order valence-electron chi connectivity index (χ3n) is 9.79. The Hall–Kier alpha value is -6.74. The van der Waals surface area contributed by atoms with Crippen molar-refractivity contribution in [1.29, 1.82) is 0 Å². The number of hydrogen-bond acceptors (Lipinski definition) is 7. The fraction of sp³-hybridized carbons (Fsp3) is 0.217. The molecule has 4 aromatic carbocycles. The molecule has 10 nitrogen and oxygen atoms in total. The van der Waals surface area contributed by atoms with E-state index < -0.39 is 39.5 Å². The molecule has 316 valence electrons. The molecule has 0 aliphatic rings. The van der Waals surface area contributed by atoms with E-state index in [1.54, 1.807) is 42.5 Å². The number of aromatic amines is 2. The van der Waals surface area contributed by atoms with E-state index in [-0.39, 0.29) is 55.6 Å². The molecule has 0 spiro atoms. The van der Waals surface area contributed by atoms with Crippen molar-refractivity contribution in [1.82, 2.24) is 9.97 Å². The van der Waals surface area contributed by atoms with E-state index in [0.29, 0.717) is 33.5 Å². The number of nitrogens with one attached hydrogen (secondary N) is 4. The molecule has 5 N–H and O–H groups in total. The van der Waals surface area contributed by atoms with E-state index in [0.717, 1.165) is 17.2 Å². The molecule has 0 unspecified atom stereocenters. The number of rotatable bonds is 6. The van der Waals surface area contributed by atoms with Gasteiger partial charge < -0.3 is 30.4 Å². The standard InChI is InChI=1S/C25H29FN2O4.C21H13F3N2O2S/c1-24(2,3)15-9-16(25(4,5)6)20(29)11-19(15)28-23(31)14-12-27-18-10-17(26)21(32-7)8-13(18)22(14)30;22-21(23,24)19-17(12-6-2-1-3-7-12)16(11-29-19)26-20(28)14-10-25-15-9-5-4-8-13(15)18(14)27/h8-12,29H,1-7H3,(H,27,30)(H,28,31);1-11H,(H,25,27)(H,26,28). The zero-order valence-corrected chi connectivity index (χ0v) is 35.0. The lowest BCUT2D eigenvalue weighted by Crippen LogP contribution is -2.25. The number of para-hydroxylation sites is 1. The summed E-state index contributed by atoms with van der Waals surface area (Å²) >= 11 is 0.496. The summed E-state index contributed by atoms with van der Waals surface area (Å²) in [6, 6.07) is 20.5. The number of thiophene rings is 1. The number of amides is 2. The summed E-state index contributed by atoms with van der Waals surface area (Å²) in [6.07, 6.45) is -2.05. The number of pyridine rings is 2.